The van der Waals surface area contributed by atoms with Crippen molar-refractivity contribution in [1.29, 1.82) is 0 Å². The van der Waals surface area contributed by atoms with Crippen LogP contribution in [-0.2, 0) is 5.41 Å². The van der Waals surface area contributed by atoms with Gasteiger partial charge in [0.2, 0.25) is 0 Å². The summed E-state index contributed by atoms with van der Waals surface area (Å²) in [6.07, 6.45) is 11.8. The summed E-state index contributed by atoms with van der Waals surface area (Å²) in [6.45, 7) is 7.77. The van der Waals surface area contributed by atoms with Gasteiger partial charge in [-0.2, -0.15) is 0 Å². The van der Waals surface area contributed by atoms with Gasteiger partial charge in [0.25, 0.3) is 0 Å². The number of hydrogen-bond donors (Lipinski definition) is 0. The van der Waals surface area contributed by atoms with Crippen molar-refractivity contribution < 1.29 is 0 Å². The molecule has 0 radical (unpaired) electrons. The Bertz CT molecular complexity index is 605. The van der Waals surface area contributed by atoms with Gasteiger partial charge < -0.3 is 0 Å². The molecule has 0 aromatic heterocycles. The lowest BCUT2D eigenvalue weighted by Gasteiger charge is -2.76. The van der Waals surface area contributed by atoms with Crippen LogP contribution in [0.1, 0.15) is 77.7 Å². The molecule has 1 aromatic carbocycles. The minimum Gasteiger partial charge on any atom is -0.0654 e. The van der Waals surface area contributed by atoms with Crippen molar-refractivity contribution in [3.05, 3.63) is 35.9 Å². The lowest BCUT2D eigenvalue weighted by molar-refractivity contribution is -0.245. The van der Waals surface area contributed by atoms with Gasteiger partial charge in [-0.05, 0) is 78.6 Å². The van der Waals surface area contributed by atoms with Crippen LogP contribution in [-0.4, -0.2) is 0 Å². The molecule has 1 aromatic rings. The van der Waals surface area contributed by atoms with E-state index >= 15 is 0 Å². The summed E-state index contributed by atoms with van der Waals surface area (Å²) in [5, 5.41) is 0. The number of hydrogen-bond acceptors (Lipinski definition) is 0. The second-order valence-corrected chi connectivity index (χ2v) is 10.4. The Labute approximate surface area is 148 Å². The van der Waals surface area contributed by atoms with E-state index in [0.717, 1.165) is 23.7 Å². The largest absolute Gasteiger partial charge is 0.0654 e. The van der Waals surface area contributed by atoms with Crippen molar-refractivity contribution in [2.75, 3.05) is 0 Å². The van der Waals surface area contributed by atoms with Gasteiger partial charge >= 0.3 is 0 Å². The van der Waals surface area contributed by atoms with E-state index in [0.29, 0.717) is 16.2 Å². The first-order chi connectivity index (χ1) is 11.5. The van der Waals surface area contributed by atoms with E-state index in [2.05, 4.69) is 51.1 Å². The van der Waals surface area contributed by atoms with Crippen LogP contribution in [0.25, 0.3) is 0 Å². The molecule has 0 saturated heterocycles. The molecule has 0 N–H and O–H groups in total. The normalized spacial score (nSPS) is 51.8. The lowest BCUT2D eigenvalue weighted by atomic mass is 9.28. The molecule has 5 aliphatic carbocycles. The molecule has 4 atom stereocenters. The Hall–Kier alpha value is -0.780. The maximum Gasteiger partial charge on any atom is 0.00154 e. The first-order valence-electron chi connectivity index (χ1n) is 10.6. The molecule has 5 saturated carbocycles. The fourth-order valence-corrected chi connectivity index (χ4v) is 9.03. The van der Waals surface area contributed by atoms with Crippen molar-refractivity contribution in [2.24, 2.45) is 34.5 Å². The van der Waals surface area contributed by atoms with Crippen LogP contribution in [0.2, 0.25) is 0 Å². The molecule has 0 amide bonds. The minimum atomic E-state index is 0.491. The predicted molar refractivity (Wildman–Crippen MR) is 101 cm³/mol. The summed E-state index contributed by atoms with van der Waals surface area (Å²) in [4.78, 5) is 0. The molecule has 6 rings (SSSR count). The Balaban J connectivity index is 1.72. The van der Waals surface area contributed by atoms with E-state index in [9.17, 15) is 0 Å². The summed E-state index contributed by atoms with van der Waals surface area (Å²) in [7, 11) is 0. The van der Waals surface area contributed by atoms with Crippen LogP contribution < -0.4 is 0 Å². The second kappa shape index (κ2) is 4.89. The van der Waals surface area contributed by atoms with Gasteiger partial charge in [0.15, 0.2) is 0 Å². The highest BCUT2D eigenvalue weighted by atomic mass is 14.8. The molecule has 4 unspecified atom stereocenters. The smallest absolute Gasteiger partial charge is 0.00154 e. The summed E-state index contributed by atoms with van der Waals surface area (Å²) in [6, 6.07) is 11.8. The van der Waals surface area contributed by atoms with E-state index in [1.807, 2.05) is 0 Å². The molecule has 24 heavy (non-hydrogen) atoms. The maximum absolute atomic E-state index is 2.71. The molecule has 5 fully saturated rings. The molecule has 130 valence electrons. The van der Waals surface area contributed by atoms with Crippen molar-refractivity contribution in [2.45, 2.75) is 77.6 Å². The topological polar surface area (TPSA) is 0 Å². The quantitative estimate of drug-likeness (QED) is 0.588. The van der Waals surface area contributed by atoms with E-state index < -0.39 is 0 Å². The highest BCUT2D eigenvalue weighted by molar-refractivity contribution is 5.35. The fraction of sp³-hybridized carbons (Fsp3) is 0.750. The molecule has 6 bridgehead atoms. The van der Waals surface area contributed by atoms with E-state index in [4.69, 9.17) is 0 Å². The van der Waals surface area contributed by atoms with Crippen LogP contribution in [0.3, 0.4) is 0 Å². The Morgan fingerprint density at radius 2 is 1.54 bits per heavy atom. The molecule has 0 nitrogen and oxygen atoms in total. The summed E-state index contributed by atoms with van der Waals surface area (Å²) in [5.74, 6) is 3.87. The predicted octanol–water partition coefficient (Wildman–Crippen LogP) is 6.60. The Morgan fingerprint density at radius 1 is 0.917 bits per heavy atom. The van der Waals surface area contributed by atoms with Crippen LogP contribution in [0.4, 0.5) is 0 Å². The summed E-state index contributed by atoms with van der Waals surface area (Å²) >= 11 is 0. The van der Waals surface area contributed by atoms with E-state index in [-0.39, 0.29) is 0 Å². The molecule has 5 aliphatic rings. The van der Waals surface area contributed by atoms with E-state index in [1.165, 1.54) is 51.4 Å². The van der Waals surface area contributed by atoms with Crippen LogP contribution >= 0.6 is 0 Å². The molecule has 0 heterocycles. The average molecular weight is 323 g/mol. The van der Waals surface area contributed by atoms with Gasteiger partial charge in [0.05, 0.1) is 0 Å². The average Bonchev–Trinajstić information content (AvgIpc) is 2.56. The standard InChI is InChI=1S/C24H34/c1-4-13-24(17-9-6-5-7-10-17)20-14-22(2)15-21(24)19-12-8-11-18(20)23(19,3)16-22/h5-7,9-10,18-21H,4,8,11-16H2,1-3H3. The number of rotatable bonds is 3. The zero-order chi connectivity index (χ0) is 16.6. The summed E-state index contributed by atoms with van der Waals surface area (Å²) < 4.78 is 0. The second-order valence-electron chi connectivity index (χ2n) is 10.4. The highest BCUT2D eigenvalue weighted by Crippen LogP contribution is 2.78. The molecular weight excluding hydrogens is 288 g/mol. The van der Waals surface area contributed by atoms with E-state index in [1.54, 1.807) is 5.56 Å². The van der Waals surface area contributed by atoms with Crippen LogP contribution in [0, 0.1) is 34.5 Å². The van der Waals surface area contributed by atoms with Crippen molar-refractivity contribution in [3.8, 4) is 0 Å². The Morgan fingerprint density at radius 3 is 2.12 bits per heavy atom. The molecule has 0 aliphatic heterocycles. The SMILES string of the molecule is CCCC1(c2ccccc2)C2CC3(C)CC1C1CCCC2C1(C)C3. The number of benzene rings is 1. The first kappa shape index (κ1) is 15.5. The van der Waals surface area contributed by atoms with Crippen LogP contribution in [0.15, 0.2) is 30.3 Å². The minimum absolute atomic E-state index is 0.491. The third-order valence-electron chi connectivity index (χ3n) is 9.23. The zero-order valence-electron chi connectivity index (χ0n) is 15.9. The van der Waals surface area contributed by atoms with Crippen LogP contribution in [0.5, 0.6) is 0 Å². The Kier molecular flexibility index (Phi) is 3.15. The van der Waals surface area contributed by atoms with Gasteiger partial charge in [-0.25, -0.2) is 0 Å². The molecular formula is C24H34. The van der Waals surface area contributed by atoms with Gasteiger partial charge in [-0.1, -0.05) is 63.9 Å². The third kappa shape index (κ3) is 1.71. The maximum atomic E-state index is 2.71. The first-order valence-corrected chi connectivity index (χ1v) is 10.6. The fourth-order valence-electron chi connectivity index (χ4n) is 9.03. The van der Waals surface area contributed by atoms with Gasteiger partial charge in [0, 0.05) is 5.41 Å². The third-order valence-corrected chi connectivity index (χ3v) is 9.23. The van der Waals surface area contributed by atoms with Crippen molar-refractivity contribution in [3.63, 3.8) is 0 Å². The highest BCUT2D eigenvalue weighted by Gasteiger charge is 2.71. The van der Waals surface area contributed by atoms with Gasteiger partial charge in [-0.15, -0.1) is 0 Å². The molecule has 0 spiro atoms. The van der Waals surface area contributed by atoms with Crippen molar-refractivity contribution in [1.82, 2.24) is 0 Å². The van der Waals surface area contributed by atoms with Gasteiger partial charge in [-0.3, -0.25) is 0 Å². The summed E-state index contributed by atoms with van der Waals surface area (Å²) in [5.41, 5.74) is 3.49. The molecule has 0 heteroatoms. The van der Waals surface area contributed by atoms with Crippen molar-refractivity contribution >= 4 is 0 Å². The van der Waals surface area contributed by atoms with Gasteiger partial charge in [0.1, 0.15) is 0 Å². The zero-order valence-corrected chi connectivity index (χ0v) is 15.9. The lowest BCUT2D eigenvalue weighted by Crippen LogP contribution is -2.70. The monoisotopic (exact) mass is 322 g/mol.